The highest BCUT2D eigenvalue weighted by atomic mass is 16.6. The molecule has 124 valence electrons. The first-order chi connectivity index (χ1) is 11.7. The normalized spacial score (nSPS) is 15.0. The summed E-state index contributed by atoms with van der Waals surface area (Å²) in [6, 6.07) is 14.8. The highest BCUT2D eigenvalue weighted by molar-refractivity contribution is 5.62. The van der Waals surface area contributed by atoms with Gasteiger partial charge in [0.2, 0.25) is 0 Å². The molecule has 0 aromatic heterocycles. The van der Waals surface area contributed by atoms with Gasteiger partial charge in [-0.15, -0.1) is 0 Å². The fraction of sp³-hybridized carbons (Fsp3) is 0.263. The van der Waals surface area contributed by atoms with Crippen LogP contribution < -0.4 is 9.64 Å². The van der Waals surface area contributed by atoms with Crippen LogP contribution in [0.25, 0.3) is 6.08 Å². The van der Waals surface area contributed by atoms with Gasteiger partial charge < -0.3 is 9.64 Å². The van der Waals surface area contributed by atoms with E-state index in [4.69, 9.17) is 4.74 Å². The lowest BCUT2D eigenvalue weighted by molar-refractivity contribution is -0.831. The first-order valence-corrected chi connectivity index (χ1v) is 8.20. The van der Waals surface area contributed by atoms with Crippen molar-refractivity contribution in [3.05, 3.63) is 76.0 Å². The van der Waals surface area contributed by atoms with E-state index in [1.807, 2.05) is 42.6 Å². The third kappa shape index (κ3) is 4.20. The van der Waals surface area contributed by atoms with E-state index >= 15 is 0 Å². The van der Waals surface area contributed by atoms with Crippen molar-refractivity contribution in [2.24, 2.45) is 0 Å². The molecular weight excluding hydrogens is 304 g/mol. The van der Waals surface area contributed by atoms with Crippen molar-refractivity contribution in [2.45, 2.75) is 19.4 Å². The Morgan fingerprint density at radius 1 is 1.12 bits per heavy atom. The number of hydrogen-bond acceptors (Lipinski definition) is 3. The largest absolute Gasteiger partial charge is 0.489 e. The van der Waals surface area contributed by atoms with Gasteiger partial charge in [-0.3, -0.25) is 10.1 Å². The smallest absolute Gasteiger partial charge is 0.277 e. The molecule has 2 aromatic rings. The molecule has 0 amide bonds. The summed E-state index contributed by atoms with van der Waals surface area (Å²) in [6.07, 6.45) is 6.29. The lowest BCUT2D eigenvalue weighted by Crippen LogP contribution is -3.05. The van der Waals surface area contributed by atoms with Crippen LogP contribution in [0.15, 0.2) is 54.7 Å². The van der Waals surface area contributed by atoms with Gasteiger partial charge in [0, 0.05) is 25.0 Å². The Hall–Kier alpha value is -2.66. The fourth-order valence-corrected chi connectivity index (χ4v) is 2.87. The molecule has 0 radical (unpaired) electrons. The molecule has 1 saturated heterocycles. The van der Waals surface area contributed by atoms with E-state index in [2.05, 4.69) is 0 Å². The first-order valence-electron chi connectivity index (χ1n) is 8.20. The van der Waals surface area contributed by atoms with E-state index in [9.17, 15) is 10.1 Å². The van der Waals surface area contributed by atoms with Crippen molar-refractivity contribution in [1.82, 2.24) is 0 Å². The molecule has 1 heterocycles. The monoisotopic (exact) mass is 325 g/mol. The van der Waals surface area contributed by atoms with E-state index in [-0.39, 0.29) is 10.6 Å². The second-order valence-corrected chi connectivity index (χ2v) is 5.95. The number of nitrogens with one attached hydrogen (secondary N) is 1. The molecule has 5 heteroatoms. The van der Waals surface area contributed by atoms with Gasteiger partial charge in [-0.1, -0.05) is 30.3 Å². The van der Waals surface area contributed by atoms with Crippen molar-refractivity contribution in [2.75, 3.05) is 13.1 Å². The minimum atomic E-state index is -0.347. The van der Waals surface area contributed by atoms with E-state index in [1.54, 1.807) is 12.1 Å². The number of rotatable bonds is 6. The third-order valence-corrected chi connectivity index (χ3v) is 4.19. The lowest BCUT2D eigenvalue weighted by Gasteiger charge is -2.08. The predicted octanol–water partition coefficient (Wildman–Crippen LogP) is 2.82. The number of benzene rings is 2. The number of nitro groups is 1. The summed E-state index contributed by atoms with van der Waals surface area (Å²) in [7, 11) is 0. The molecule has 0 spiro atoms. The van der Waals surface area contributed by atoms with Gasteiger partial charge in [0.15, 0.2) is 0 Å². The average molecular weight is 325 g/mol. The van der Waals surface area contributed by atoms with Crippen LogP contribution in [-0.4, -0.2) is 18.0 Å². The topological polar surface area (TPSA) is 56.8 Å². The average Bonchev–Trinajstić information content (AvgIpc) is 3.12. The fourth-order valence-electron chi connectivity index (χ4n) is 2.87. The van der Waals surface area contributed by atoms with E-state index < -0.39 is 0 Å². The summed E-state index contributed by atoms with van der Waals surface area (Å²) in [5.74, 6) is 0.639. The molecule has 1 N–H and O–H groups in total. The maximum atomic E-state index is 11.2. The first kappa shape index (κ1) is 16.2. The van der Waals surface area contributed by atoms with Crippen molar-refractivity contribution < 1.29 is 14.6 Å². The zero-order valence-corrected chi connectivity index (χ0v) is 13.5. The van der Waals surface area contributed by atoms with Crippen molar-refractivity contribution in [1.29, 1.82) is 0 Å². The van der Waals surface area contributed by atoms with Crippen LogP contribution in [0.4, 0.5) is 5.69 Å². The minimum absolute atomic E-state index is 0.108. The molecule has 1 fully saturated rings. The second-order valence-electron chi connectivity index (χ2n) is 5.95. The van der Waals surface area contributed by atoms with E-state index in [0.29, 0.717) is 17.9 Å². The van der Waals surface area contributed by atoms with E-state index in [0.717, 1.165) is 18.7 Å². The molecular formula is C19H21N2O3+. The Morgan fingerprint density at radius 2 is 1.88 bits per heavy atom. The number of quaternary nitrogens is 1. The standard InChI is InChI=1S/C19H20N2O3/c22-21(23)19-9-8-18(24-15-16-6-2-1-3-7-16)14-17(19)10-13-20-11-4-5-12-20/h1-3,6-10,13-14H,4-5,11-12,15H2/p+1. The molecule has 1 aliphatic heterocycles. The van der Waals surface area contributed by atoms with Crippen LogP contribution in [0.2, 0.25) is 0 Å². The van der Waals surface area contributed by atoms with Gasteiger partial charge >= 0.3 is 0 Å². The van der Waals surface area contributed by atoms with E-state index in [1.165, 1.54) is 23.8 Å². The number of likely N-dealkylation sites (tertiary alicyclic amines) is 1. The highest BCUT2D eigenvalue weighted by Crippen LogP contribution is 2.25. The zero-order valence-electron chi connectivity index (χ0n) is 13.5. The predicted molar refractivity (Wildman–Crippen MR) is 92.8 cm³/mol. The minimum Gasteiger partial charge on any atom is -0.489 e. The number of nitro benzene ring substituents is 1. The summed E-state index contributed by atoms with van der Waals surface area (Å²) in [6.45, 7) is 2.63. The summed E-state index contributed by atoms with van der Waals surface area (Å²) >= 11 is 0. The Balaban J connectivity index is 1.75. The molecule has 0 bridgehead atoms. The Labute approximate surface area is 141 Å². The van der Waals surface area contributed by atoms with Crippen molar-refractivity contribution in [3.8, 4) is 5.75 Å². The summed E-state index contributed by atoms with van der Waals surface area (Å²) < 4.78 is 5.78. The molecule has 0 unspecified atom stereocenters. The third-order valence-electron chi connectivity index (χ3n) is 4.19. The van der Waals surface area contributed by atoms with Gasteiger partial charge in [0.05, 0.1) is 29.8 Å². The molecule has 3 rings (SSSR count). The SMILES string of the molecule is O=[N+]([O-])c1ccc(OCc2ccccc2)cc1C=C[NH+]1CCCC1. The second kappa shape index (κ2) is 7.75. The molecule has 0 aliphatic carbocycles. The van der Waals surface area contributed by atoms with Gasteiger partial charge in [-0.25, -0.2) is 0 Å². The molecule has 24 heavy (non-hydrogen) atoms. The molecule has 0 atom stereocenters. The van der Waals surface area contributed by atoms with Crippen molar-refractivity contribution >= 4 is 11.8 Å². The quantitative estimate of drug-likeness (QED) is 0.656. The van der Waals surface area contributed by atoms with Crippen LogP contribution in [0.5, 0.6) is 5.75 Å². The molecule has 5 nitrogen and oxygen atoms in total. The highest BCUT2D eigenvalue weighted by Gasteiger charge is 2.16. The lowest BCUT2D eigenvalue weighted by atomic mass is 10.1. The Morgan fingerprint density at radius 3 is 2.58 bits per heavy atom. The molecule has 0 saturated carbocycles. The van der Waals surface area contributed by atoms with Crippen LogP contribution in [0.3, 0.4) is 0 Å². The zero-order chi connectivity index (χ0) is 16.8. The van der Waals surface area contributed by atoms with Gasteiger partial charge in [0.1, 0.15) is 12.4 Å². The van der Waals surface area contributed by atoms with Gasteiger partial charge in [0.25, 0.3) is 5.69 Å². The number of hydrogen-bond donors (Lipinski definition) is 1. The van der Waals surface area contributed by atoms with Gasteiger partial charge in [-0.05, 0) is 17.7 Å². The summed E-state index contributed by atoms with van der Waals surface area (Å²) in [5, 5.41) is 11.2. The summed E-state index contributed by atoms with van der Waals surface area (Å²) in [5.41, 5.74) is 1.76. The van der Waals surface area contributed by atoms with Crippen LogP contribution in [-0.2, 0) is 6.61 Å². The van der Waals surface area contributed by atoms with Crippen molar-refractivity contribution in [3.63, 3.8) is 0 Å². The molecule has 2 aromatic carbocycles. The Kier molecular flexibility index (Phi) is 5.23. The molecule has 1 aliphatic rings. The van der Waals surface area contributed by atoms with Crippen LogP contribution in [0.1, 0.15) is 24.0 Å². The van der Waals surface area contributed by atoms with Crippen LogP contribution >= 0.6 is 0 Å². The Bertz CT molecular complexity index is 723. The maximum absolute atomic E-state index is 11.2. The number of nitrogens with zero attached hydrogens (tertiary/aromatic N) is 1. The number of ether oxygens (including phenoxy) is 1. The maximum Gasteiger partial charge on any atom is 0.277 e. The van der Waals surface area contributed by atoms with Gasteiger partial charge in [-0.2, -0.15) is 0 Å². The summed E-state index contributed by atoms with van der Waals surface area (Å²) in [4.78, 5) is 12.2. The van der Waals surface area contributed by atoms with Crippen LogP contribution in [0, 0.1) is 10.1 Å².